The monoisotopic (exact) mass is 334 g/mol. The Morgan fingerprint density at radius 1 is 1.45 bits per heavy atom. The molecule has 0 radical (unpaired) electrons. The predicted octanol–water partition coefficient (Wildman–Crippen LogP) is 2.37. The van der Waals surface area contributed by atoms with Gasteiger partial charge in [0.2, 0.25) is 0 Å². The van der Waals surface area contributed by atoms with E-state index in [9.17, 15) is 14.7 Å². The molecule has 2 unspecified atom stereocenters. The fraction of sp³-hybridized carbons (Fsp3) is 0.267. The first kappa shape index (κ1) is 15.2. The molecule has 0 saturated carbocycles. The van der Waals surface area contributed by atoms with Gasteiger partial charge in [0, 0.05) is 22.6 Å². The third kappa shape index (κ3) is 2.55. The van der Waals surface area contributed by atoms with Gasteiger partial charge in [-0.25, -0.2) is 9.19 Å². The van der Waals surface area contributed by atoms with Gasteiger partial charge in [-0.3, -0.25) is 4.79 Å². The van der Waals surface area contributed by atoms with Crippen molar-refractivity contribution in [3.8, 4) is 0 Å². The van der Waals surface area contributed by atoms with E-state index in [1.54, 1.807) is 0 Å². The van der Waals surface area contributed by atoms with Crippen molar-refractivity contribution in [3.63, 3.8) is 0 Å². The molecule has 1 N–H and O–H groups in total. The third-order valence-electron chi connectivity index (χ3n) is 3.54. The molecule has 22 heavy (non-hydrogen) atoms. The van der Waals surface area contributed by atoms with Crippen LogP contribution in [0.2, 0.25) is 0 Å². The zero-order valence-electron chi connectivity index (χ0n) is 11.9. The summed E-state index contributed by atoms with van der Waals surface area (Å²) in [4.78, 5) is 25.8. The van der Waals surface area contributed by atoms with Gasteiger partial charge in [0.1, 0.15) is 11.1 Å². The number of aryl methyl sites for hydroxylation is 1. The Morgan fingerprint density at radius 3 is 2.77 bits per heavy atom. The minimum absolute atomic E-state index is 0.281. The molecule has 7 heteroatoms. The van der Waals surface area contributed by atoms with Crippen LogP contribution in [0.5, 0.6) is 0 Å². The summed E-state index contributed by atoms with van der Waals surface area (Å²) in [6, 6.07) is 6.93. The third-order valence-corrected chi connectivity index (χ3v) is 5.61. The minimum atomic E-state index is -1.03. The Morgan fingerprint density at radius 2 is 2.14 bits per heavy atom. The highest BCUT2D eigenvalue weighted by Crippen LogP contribution is 2.39. The standard InChI is InChI=1S/C15H14N2O3S2/c1-8-3-5-10(6-4-8)22-16-11-13(18)17-12(15(19)20)9(2)7-21-14(11)17/h3-6,12,14H,2,7H2,1H3,(H,19,20)/b16-11+. The molecule has 0 aliphatic carbocycles. The van der Waals surface area contributed by atoms with Gasteiger partial charge >= 0.3 is 5.97 Å². The van der Waals surface area contributed by atoms with Crippen molar-refractivity contribution in [2.75, 3.05) is 5.75 Å². The SMILES string of the molecule is C=C1CSC2/C(=N/Sc3ccc(C)cc3)C(=O)N2C1C(=O)O. The average molecular weight is 334 g/mol. The maximum absolute atomic E-state index is 12.2. The van der Waals surface area contributed by atoms with E-state index < -0.39 is 12.0 Å². The number of hydrogen-bond acceptors (Lipinski definition) is 5. The number of benzene rings is 1. The number of hydrogen-bond donors (Lipinski definition) is 1. The number of carbonyl (C=O) groups is 2. The van der Waals surface area contributed by atoms with E-state index >= 15 is 0 Å². The van der Waals surface area contributed by atoms with Crippen molar-refractivity contribution >= 4 is 41.3 Å². The van der Waals surface area contributed by atoms with Crippen molar-refractivity contribution in [1.82, 2.24) is 4.90 Å². The molecular formula is C15H14N2O3S2. The van der Waals surface area contributed by atoms with Crippen molar-refractivity contribution in [1.29, 1.82) is 0 Å². The van der Waals surface area contributed by atoms with Gasteiger partial charge in [-0.2, -0.15) is 0 Å². The number of carboxylic acids is 1. The van der Waals surface area contributed by atoms with Crippen molar-refractivity contribution in [2.45, 2.75) is 23.2 Å². The first-order chi connectivity index (χ1) is 10.5. The summed E-state index contributed by atoms with van der Waals surface area (Å²) in [5, 5.41) is 8.98. The number of β-lactam (4-membered cyclic amide) rings is 1. The predicted molar refractivity (Wildman–Crippen MR) is 88.1 cm³/mol. The summed E-state index contributed by atoms with van der Waals surface area (Å²) in [6.07, 6.45) is 0. The van der Waals surface area contributed by atoms with Gasteiger partial charge in [-0.05, 0) is 24.6 Å². The molecule has 0 spiro atoms. The molecule has 0 bridgehead atoms. The maximum atomic E-state index is 12.2. The van der Waals surface area contributed by atoms with Crippen LogP contribution in [0.3, 0.4) is 0 Å². The van der Waals surface area contributed by atoms with Crippen LogP contribution in [0.15, 0.2) is 45.7 Å². The van der Waals surface area contributed by atoms with E-state index in [2.05, 4.69) is 11.0 Å². The molecule has 1 aromatic rings. The van der Waals surface area contributed by atoms with E-state index in [1.165, 1.54) is 28.6 Å². The Hall–Kier alpha value is -1.73. The van der Waals surface area contributed by atoms with Crippen molar-refractivity contribution in [3.05, 3.63) is 42.0 Å². The minimum Gasteiger partial charge on any atom is -0.479 e. The second kappa shape index (κ2) is 5.81. The molecule has 2 aliphatic heterocycles. The van der Waals surface area contributed by atoms with Gasteiger partial charge in [0.15, 0.2) is 6.04 Å². The molecule has 2 saturated heterocycles. The first-order valence-corrected chi connectivity index (χ1v) is 8.47. The fourth-order valence-corrected chi connectivity index (χ4v) is 4.29. The number of thioether (sulfide) groups is 1. The lowest BCUT2D eigenvalue weighted by atomic mass is 10.0. The Kier molecular flexibility index (Phi) is 4.01. The lowest BCUT2D eigenvalue weighted by Crippen LogP contribution is -2.68. The second-order valence-corrected chi connectivity index (χ2v) is 7.06. The topological polar surface area (TPSA) is 70.0 Å². The first-order valence-electron chi connectivity index (χ1n) is 6.65. The highest BCUT2D eigenvalue weighted by Gasteiger charge is 2.53. The number of carboxylic acid groups (broad SMARTS) is 1. The summed E-state index contributed by atoms with van der Waals surface area (Å²) < 4.78 is 4.31. The van der Waals surface area contributed by atoms with Gasteiger partial charge in [0.05, 0.1) is 0 Å². The van der Waals surface area contributed by atoms with Crippen LogP contribution in [0, 0.1) is 6.92 Å². The largest absolute Gasteiger partial charge is 0.479 e. The van der Waals surface area contributed by atoms with Crippen LogP contribution in [0.4, 0.5) is 0 Å². The molecule has 5 nitrogen and oxygen atoms in total. The van der Waals surface area contributed by atoms with Gasteiger partial charge in [-0.1, -0.05) is 24.3 Å². The van der Waals surface area contributed by atoms with Gasteiger partial charge < -0.3 is 10.0 Å². The smallest absolute Gasteiger partial charge is 0.330 e. The molecule has 2 fully saturated rings. The Balaban J connectivity index is 1.76. The number of rotatable bonds is 3. The number of carbonyl (C=O) groups excluding carboxylic acids is 1. The molecule has 2 heterocycles. The fourth-order valence-electron chi connectivity index (χ4n) is 2.36. The highest BCUT2D eigenvalue weighted by molar-refractivity contribution is 8.01. The van der Waals surface area contributed by atoms with Crippen LogP contribution < -0.4 is 0 Å². The number of amides is 1. The zero-order valence-corrected chi connectivity index (χ0v) is 13.5. The second-order valence-electron chi connectivity index (χ2n) is 5.16. The molecule has 0 aromatic heterocycles. The van der Waals surface area contributed by atoms with E-state index in [0.29, 0.717) is 17.0 Å². The quantitative estimate of drug-likeness (QED) is 0.522. The Labute approximate surface area is 136 Å². The summed E-state index contributed by atoms with van der Waals surface area (Å²) in [5.74, 6) is -0.821. The van der Waals surface area contributed by atoms with E-state index in [1.807, 2.05) is 31.2 Å². The van der Waals surface area contributed by atoms with Crippen LogP contribution in [-0.2, 0) is 9.59 Å². The molecule has 114 valence electrons. The molecule has 1 amide bonds. The van der Waals surface area contributed by atoms with Gasteiger partial charge in [-0.15, -0.1) is 11.8 Å². The van der Waals surface area contributed by atoms with Crippen molar-refractivity contribution in [2.24, 2.45) is 4.40 Å². The Bertz CT molecular complexity index is 685. The summed E-state index contributed by atoms with van der Waals surface area (Å²) in [6.45, 7) is 5.76. The van der Waals surface area contributed by atoms with E-state index in [4.69, 9.17) is 0 Å². The lowest BCUT2D eigenvalue weighted by Gasteiger charge is -2.47. The van der Waals surface area contributed by atoms with Crippen LogP contribution in [0.25, 0.3) is 0 Å². The zero-order chi connectivity index (χ0) is 15.9. The number of aliphatic carboxylic acids is 1. The average Bonchev–Trinajstić information content (AvgIpc) is 2.49. The number of nitrogens with zero attached hydrogens (tertiary/aromatic N) is 2. The normalized spacial score (nSPS) is 25.9. The summed E-state index contributed by atoms with van der Waals surface area (Å²) >= 11 is 2.73. The van der Waals surface area contributed by atoms with Crippen LogP contribution in [0.1, 0.15) is 5.56 Å². The molecular weight excluding hydrogens is 320 g/mol. The molecule has 1 aromatic carbocycles. The molecule has 2 atom stereocenters. The van der Waals surface area contributed by atoms with E-state index in [0.717, 1.165) is 10.5 Å². The van der Waals surface area contributed by atoms with Gasteiger partial charge in [0.25, 0.3) is 5.91 Å². The lowest BCUT2D eigenvalue weighted by molar-refractivity contribution is -0.148. The molecule has 2 aliphatic rings. The van der Waals surface area contributed by atoms with Crippen LogP contribution >= 0.6 is 23.7 Å². The maximum Gasteiger partial charge on any atom is 0.330 e. The molecule has 3 rings (SSSR count). The van der Waals surface area contributed by atoms with Crippen molar-refractivity contribution < 1.29 is 14.7 Å². The summed E-state index contributed by atoms with van der Waals surface area (Å²) in [7, 11) is 0. The van der Waals surface area contributed by atoms with Crippen LogP contribution in [-0.4, -0.2) is 44.8 Å². The number of fused-ring (bicyclic) bond motifs is 1. The highest BCUT2D eigenvalue weighted by atomic mass is 32.2. The van der Waals surface area contributed by atoms with E-state index in [-0.39, 0.29) is 11.3 Å². The summed E-state index contributed by atoms with van der Waals surface area (Å²) in [5.41, 5.74) is 2.13.